The zero-order valence-corrected chi connectivity index (χ0v) is 10.8. The molecule has 3 nitrogen and oxygen atoms in total. The third-order valence-corrected chi connectivity index (χ3v) is 3.72. The molecule has 0 spiro atoms. The second-order valence-corrected chi connectivity index (χ2v) is 5.09. The van der Waals surface area contributed by atoms with Crippen molar-refractivity contribution < 1.29 is 0 Å². The fourth-order valence-corrected chi connectivity index (χ4v) is 2.82. The molecule has 2 N–H and O–H groups in total. The molecule has 18 heavy (non-hydrogen) atoms. The van der Waals surface area contributed by atoms with Crippen LogP contribution >= 0.6 is 0 Å². The topological polar surface area (TPSA) is 43.8 Å². The molecule has 1 aromatic heterocycles. The number of anilines is 1. The Morgan fingerprint density at radius 2 is 2.11 bits per heavy atom. The van der Waals surface area contributed by atoms with Gasteiger partial charge in [-0.1, -0.05) is 12.1 Å². The van der Waals surface area contributed by atoms with E-state index in [1.165, 1.54) is 36.2 Å². The molecule has 0 bridgehead atoms. The van der Waals surface area contributed by atoms with Crippen molar-refractivity contribution in [2.75, 3.05) is 5.73 Å². The number of nitrogens with zero attached hydrogens (tertiary/aromatic N) is 2. The van der Waals surface area contributed by atoms with Gasteiger partial charge in [0.1, 0.15) is 5.82 Å². The van der Waals surface area contributed by atoms with Crippen molar-refractivity contribution in [1.82, 2.24) is 9.55 Å². The molecule has 1 heterocycles. The zero-order valence-electron chi connectivity index (χ0n) is 10.8. The molecule has 94 valence electrons. The average molecular weight is 241 g/mol. The summed E-state index contributed by atoms with van der Waals surface area (Å²) in [5.74, 6) is 1.13. The van der Waals surface area contributed by atoms with Crippen LogP contribution in [0, 0.1) is 6.92 Å². The Morgan fingerprint density at radius 1 is 1.28 bits per heavy atom. The SMILES string of the molecule is Cc1nc2c(n1Cc1cccc(N)c1)CCCC2. The number of aromatic nitrogens is 2. The van der Waals surface area contributed by atoms with Crippen molar-refractivity contribution in [3.05, 3.63) is 47.0 Å². The van der Waals surface area contributed by atoms with Gasteiger partial charge in [-0.25, -0.2) is 4.98 Å². The second kappa shape index (κ2) is 4.48. The van der Waals surface area contributed by atoms with Crippen LogP contribution in [0.1, 0.15) is 35.6 Å². The smallest absolute Gasteiger partial charge is 0.106 e. The Hall–Kier alpha value is -1.77. The first-order valence-electron chi connectivity index (χ1n) is 6.63. The van der Waals surface area contributed by atoms with E-state index >= 15 is 0 Å². The van der Waals surface area contributed by atoms with E-state index in [1.54, 1.807) is 0 Å². The van der Waals surface area contributed by atoms with Gasteiger partial charge in [-0.05, 0) is 50.3 Å². The lowest BCUT2D eigenvalue weighted by Crippen LogP contribution is -2.10. The number of nitrogen functional groups attached to an aromatic ring is 1. The van der Waals surface area contributed by atoms with Crippen molar-refractivity contribution in [3.63, 3.8) is 0 Å². The summed E-state index contributed by atoms with van der Waals surface area (Å²) >= 11 is 0. The van der Waals surface area contributed by atoms with E-state index in [1.807, 2.05) is 12.1 Å². The first kappa shape index (κ1) is 11.3. The van der Waals surface area contributed by atoms with E-state index in [0.29, 0.717) is 0 Å². The van der Waals surface area contributed by atoms with Gasteiger partial charge in [0.2, 0.25) is 0 Å². The molecule has 2 aromatic rings. The van der Waals surface area contributed by atoms with Crippen molar-refractivity contribution in [2.24, 2.45) is 0 Å². The van der Waals surface area contributed by atoms with Crippen LogP contribution in [0.4, 0.5) is 5.69 Å². The van der Waals surface area contributed by atoms with Gasteiger partial charge in [0, 0.05) is 17.9 Å². The molecule has 3 rings (SSSR count). The van der Waals surface area contributed by atoms with Crippen molar-refractivity contribution in [2.45, 2.75) is 39.2 Å². The highest BCUT2D eigenvalue weighted by Gasteiger charge is 2.17. The van der Waals surface area contributed by atoms with Gasteiger partial charge >= 0.3 is 0 Å². The Labute approximate surface area is 108 Å². The molecule has 0 fully saturated rings. The first-order valence-corrected chi connectivity index (χ1v) is 6.63. The van der Waals surface area contributed by atoms with Gasteiger partial charge in [0.05, 0.1) is 5.69 Å². The van der Waals surface area contributed by atoms with Crippen LogP contribution in [0.2, 0.25) is 0 Å². The predicted octanol–water partition coefficient (Wildman–Crippen LogP) is 2.70. The molecule has 0 saturated heterocycles. The highest BCUT2D eigenvalue weighted by atomic mass is 15.1. The monoisotopic (exact) mass is 241 g/mol. The van der Waals surface area contributed by atoms with Gasteiger partial charge in [0.15, 0.2) is 0 Å². The van der Waals surface area contributed by atoms with E-state index in [0.717, 1.165) is 24.5 Å². The Morgan fingerprint density at radius 3 is 2.94 bits per heavy atom. The lowest BCUT2D eigenvalue weighted by molar-refractivity contribution is 0.624. The van der Waals surface area contributed by atoms with Crippen LogP contribution in [0.5, 0.6) is 0 Å². The maximum atomic E-state index is 5.84. The Balaban J connectivity index is 1.95. The average Bonchev–Trinajstić information content (AvgIpc) is 2.66. The van der Waals surface area contributed by atoms with E-state index < -0.39 is 0 Å². The molecule has 0 amide bonds. The van der Waals surface area contributed by atoms with Crippen LogP contribution in [-0.4, -0.2) is 9.55 Å². The summed E-state index contributed by atoms with van der Waals surface area (Å²) in [6, 6.07) is 8.13. The molecule has 0 atom stereocenters. The minimum atomic E-state index is 0.833. The molecule has 0 aliphatic heterocycles. The van der Waals surface area contributed by atoms with Crippen LogP contribution in [0.25, 0.3) is 0 Å². The van der Waals surface area contributed by atoms with Crippen molar-refractivity contribution >= 4 is 5.69 Å². The minimum Gasteiger partial charge on any atom is -0.399 e. The maximum absolute atomic E-state index is 5.84. The van der Waals surface area contributed by atoms with Crippen LogP contribution in [0.3, 0.4) is 0 Å². The number of hydrogen-bond acceptors (Lipinski definition) is 2. The number of fused-ring (bicyclic) bond motifs is 1. The Kier molecular flexibility index (Phi) is 2.82. The summed E-state index contributed by atoms with van der Waals surface area (Å²) < 4.78 is 2.35. The summed E-state index contributed by atoms with van der Waals surface area (Å²) in [5.41, 5.74) is 10.7. The molecule has 1 aliphatic rings. The second-order valence-electron chi connectivity index (χ2n) is 5.09. The molecule has 1 aromatic carbocycles. The summed E-state index contributed by atoms with van der Waals surface area (Å²) in [4.78, 5) is 4.70. The molecular formula is C15H19N3. The first-order chi connectivity index (χ1) is 8.74. The zero-order chi connectivity index (χ0) is 12.5. The summed E-state index contributed by atoms with van der Waals surface area (Å²) in [7, 11) is 0. The lowest BCUT2D eigenvalue weighted by Gasteiger charge is -2.15. The number of nitrogens with two attached hydrogens (primary N) is 1. The molecular weight excluding hydrogens is 222 g/mol. The highest BCUT2D eigenvalue weighted by molar-refractivity contribution is 5.41. The molecule has 0 unspecified atom stereocenters. The van der Waals surface area contributed by atoms with E-state index in [4.69, 9.17) is 10.7 Å². The van der Waals surface area contributed by atoms with Gasteiger partial charge in [-0.2, -0.15) is 0 Å². The standard InChI is InChI=1S/C15H19N3/c1-11-17-14-7-2-3-8-15(14)18(11)10-12-5-4-6-13(16)9-12/h4-6,9H,2-3,7-8,10,16H2,1H3. The fourth-order valence-electron chi connectivity index (χ4n) is 2.82. The number of benzene rings is 1. The number of aryl methyl sites for hydroxylation is 2. The summed E-state index contributed by atoms with van der Waals surface area (Å²) in [5, 5.41) is 0. The lowest BCUT2D eigenvalue weighted by atomic mass is 10.0. The van der Waals surface area contributed by atoms with Crippen molar-refractivity contribution in [3.8, 4) is 0 Å². The molecule has 1 aliphatic carbocycles. The highest BCUT2D eigenvalue weighted by Crippen LogP contribution is 2.23. The Bertz CT molecular complexity index is 569. The number of imidazole rings is 1. The number of rotatable bonds is 2. The molecule has 0 radical (unpaired) electrons. The largest absolute Gasteiger partial charge is 0.399 e. The van der Waals surface area contributed by atoms with Crippen LogP contribution in [0.15, 0.2) is 24.3 Å². The molecule has 3 heteroatoms. The quantitative estimate of drug-likeness (QED) is 0.821. The van der Waals surface area contributed by atoms with E-state index in [2.05, 4.69) is 23.6 Å². The fraction of sp³-hybridized carbons (Fsp3) is 0.400. The maximum Gasteiger partial charge on any atom is 0.106 e. The summed E-state index contributed by atoms with van der Waals surface area (Å²) in [6.45, 7) is 2.99. The van der Waals surface area contributed by atoms with Gasteiger partial charge in [0.25, 0.3) is 0 Å². The van der Waals surface area contributed by atoms with Gasteiger partial charge in [-0.3, -0.25) is 0 Å². The van der Waals surface area contributed by atoms with Gasteiger partial charge < -0.3 is 10.3 Å². The van der Waals surface area contributed by atoms with E-state index in [-0.39, 0.29) is 0 Å². The molecule has 0 saturated carbocycles. The van der Waals surface area contributed by atoms with E-state index in [9.17, 15) is 0 Å². The minimum absolute atomic E-state index is 0.833. The number of hydrogen-bond donors (Lipinski definition) is 1. The van der Waals surface area contributed by atoms with Crippen LogP contribution in [-0.2, 0) is 19.4 Å². The summed E-state index contributed by atoms with van der Waals surface area (Å²) in [6.07, 6.45) is 4.87. The third kappa shape index (κ3) is 2.01. The van der Waals surface area contributed by atoms with Crippen molar-refractivity contribution in [1.29, 1.82) is 0 Å². The van der Waals surface area contributed by atoms with Gasteiger partial charge in [-0.15, -0.1) is 0 Å². The third-order valence-electron chi connectivity index (χ3n) is 3.72. The predicted molar refractivity (Wildman–Crippen MR) is 73.6 cm³/mol. The van der Waals surface area contributed by atoms with Crippen LogP contribution < -0.4 is 5.73 Å². The normalized spacial score (nSPS) is 14.5.